The van der Waals surface area contributed by atoms with Crippen LogP contribution in [0.4, 0.5) is 5.69 Å². The summed E-state index contributed by atoms with van der Waals surface area (Å²) in [5.41, 5.74) is 0.709. The fourth-order valence-electron chi connectivity index (χ4n) is 2.80. The van der Waals surface area contributed by atoms with Crippen molar-refractivity contribution in [2.24, 2.45) is 0 Å². The number of carbonyl (C=O) groups excluding carboxylic acids is 1. The Morgan fingerprint density at radius 2 is 2.04 bits per heavy atom. The molecule has 0 radical (unpaired) electrons. The van der Waals surface area contributed by atoms with Crippen LogP contribution < -0.4 is 4.74 Å². The number of nitrogens with zero attached hydrogens (tertiary/aromatic N) is 4. The summed E-state index contributed by atoms with van der Waals surface area (Å²) in [4.78, 5) is 25.1. The average Bonchev–Trinajstić information content (AvgIpc) is 2.98. The number of aromatic nitrogens is 2. The minimum Gasteiger partial charge on any atom is -0.432 e. The molecule has 1 aliphatic heterocycles. The fourth-order valence-corrected chi connectivity index (χ4v) is 2.80. The molecule has 9 nitrogen and oxygen atoms in total. The van der Waals surface area contributed by atoms with E-state index in [-0.39, 0.29) is 17.3 Å². The number of aryl methyl sites for hydroxylation is 1. The van der Waals surface area contributed by atoms with Crippen molar-refractivity contribution in [2.45, 2.75) is 20.4 Å². The third-order valence-electron chi connectivity index (χ3n) is 4.20. The lowest BCUT2D eigenvalue weighted by Crippen LogP contribution is -2.41. The van der Waals surface area contributed by atoms with E-state index in [1.807, 2.05) is 6.92 Å². The molecule has 0 atom stereocenters. The molecule has 0 unspecified atom stereocenters. The largest absolute Gasteiger partial charge is 0.432 e. The number of ether oxygens (including phenoxy) is 2. The van der Waals surface area contributed by atoms with E-state index in [9.17, 15) is 14.9 Å². The second-order valence-electron chi connectivity index (χ2n) is 5.83. The normalized spacial score (nSPS) is 14.3. The van der Waals surface area contributed by atoms with Crippen molar-refractivity contribution in [1.82, 2.24) is 14.7 Å². The highest BCUT2D eigenvalue weighted by Gasteiger charge is 2.27. The van der Waals surface area contributed by atoms with Gasteiger partial charge in [0, 0.05) is 31.3 Å². The van der Waals surface area contributed by atoms with Gasteiger partial charge < -0.3 is 14.4 Å². The maximum Gasteiger partial charge on any atom is 0.311 e. The molecule has 26 heavy (non-hydrogen) atoms. The SMILES string of the molecule is CCn1nc(C(=O)N2CCOCC2)c(C)c1Oc1ccccc1[N+](=O)[O-]. The van der Waals surface area contributed by atoms with Crippen LogP contribution in [-0.4, -0.2) is 51.8 Å². The summed E-state index contributed by atoms with van der Waals surface area (Å²) in [5, 5.41) is 15.6. The van der Waals surface area contributed by atoms with Gasteiger partial charge >= 0.3 is 5.69 Å². The van der Waals surface area contributed by atoms with E-state index in [0.29, 0.717) is 50.0 Å². The first-order chi connectivity index (χ1) is 12.5. The smallest absolute Gasteiger partial charge is 0.311 e. The molecule has 9 heteroatoms. The molecule has 0 aliphatic carbocycles. The Morgan fingerprint density at radius 1 is 1.35 bits per heavy atom. The van der Waals surface area contributed by atoms with Crippen LogP contribution in [0.1, 0.15) is 23.0 Å². The summed E-state index contributed by atoms with van der Waals surface area (Å²) in [6, 6.07) is 6.12. The van der Waals surface area contributed by atoms with Gasteiger partial charge in [-0.3, -0.25) is 14.9 Å². The average molecular weight is 360 g/mol. The molecule has 2 aromatic rings. The number of benzene rings is 1. The maximum atomic E-state index is 12.8. The van der Waals surface area contributed by atoms with Crippen molar-refractivity contribution in [3.8, 4) is 11.6 Å². The zero-order valence-electron chi connectivity index (χ0n) is 14.7. The third-order valence-corrected chi connectivity index (χ3v) is 4.20. The predicted molar refractivity (Wildman–Crippen MR) is 92.5 cm³/mol. The molecule has 0 N–H and O–H groups in total. The molecule has 1 fully saturated rings. The Morgan fingerprint density at radius 3 is 2.69 bits per heavy atom. The van der Waals surface area contributed by atoms with E-state index in [4.69, 9.17) is 9.47 Å². The molecule has 0 saturated carbocycles. The monoisotopic (exact) mass is 360 g/mol. The second-order valence-corrected chi connectivity index (χ2v) is 5.83. The Kier molecular flexibility index (Phi) is 5.17. The van der Waals surface area contributed by atoms with Crippen LogP contribution in [0.2, 0.25) is 0 Å². The van der Waals surface area contributed by atoms with Crippen LogP contribution in [0.25, 0.3) is 0 Å². The molecule has 138 valence electrons. The van der Waals surface area contributed by atoms with Gasteiger partial charge in [0.05, 0.1) is 18.1 Å². The summed E-state index contributed by atoms with van der Waals surface area (Å²) in [6.07, 6.45) is 0. The zero-order chi connectivity index (χ0) is 18.7. The minimum atomic E-state index is -0.503. The molecular weight excluding hydrogens is 340 g/mol. The van der Waals surface area contributed by atoms with Crippen LogP contribution in [-0.2, 0) is 11.3 Å². The number of hydrogen-bond donors (Lipinski definition) is 0. The van der Waals surface area contributed by atoms with Crippen molar-refractivity contribution in [2.75, 3.05) is 26.3 Å². The molecular formula is C17H20N4O5. The minimum absolute atomic E-state index is 0.112. The number of carbonyl (C=O) groups is 1. The van der Waals surface area contributed by atoms with Crippen molar-refractivity contribution < 1.29 is 19.2 Å². The van der Waals surface area contributed by atoms with Crippen LogP contribution in [0, 0.1) is 17.0 Å². The first kappa shape index (κ1) is 17.9. The van der Waals surface area contributed by atoms with Crippen LogP contribution in [0.15, 0.2) is 24.3 Å². The van der Waals surface area contributed by atoms with Gasteiger partial charge in [-0.2, -0.15) is 5.10 Å². The highest BCUT2D eigenvalue weighted by molar-refractivity contribution is 5.94. The van der Waals surface area contributed by atoms with E-state index in [2.05, 4.69) is 5.10 Å². The molecule has 1 saturated heterocycles. The summed E-state index contributed by atoms with van der Waals surface area (Å²) in [5.74, 6) is 0.254. The van der Waals surface area contributed by atoms with Crippen LogP contribution in [0.3, 0.4) is 0 Å². The lowest BCUT2D eigenvalue weighted by molar-refractivity contribution is -0.385. The van der Waals surface area contributed by atoms with Gasteiger partial charge in [-0.05, 0) is 19.9 Å². The summed E-state index contributed by atoms with van der Waals surface area (Å²) < 4.78 is 12.6. The first-order valence-corrected chi connectivity index (χ1v) is 8.38. The second kappa shape index (κ2) is 7.52. The lowest BCUT2D eigenvalue weighted by atomic mass is 10.2. The Bertz CT molecular complexity index is 827. The predicted octanol–water partition coefficient (Wildman–Crippen LogP) is 2.38. The van der Waals surface area contributed by atoms with Gasteiger partial charge in [0.15, 0.2) is 5.69 Å². The van der Waals surface area contributed by atoms with E-state index < -0.39 is 4.92 Å². The maximum absolute atomic E-state index is 12.8. The summed E-state index contributed by atoms with van der Waals surface area (Å²) in [7, 11) is 0. The molecule has 0 bridgehead atoms. The molecule has 1 amide bonds. The number of hydrogen-bond acceptors (Lipinski definition) is 6. The highest BCUT2D eigenvalue weighted by atomic mass is 16.6. The Balaban J connectivity index is 1.94. The topological polar surface area (TPSA) is 99.7 Å². The summed E-state index contributed by atoms with van der Waals surface area (Å²) >= 11 is 0. The van der Waals surface area contributed by atoms with Gasteiger partial charge in [0.2, 0.25) is 11.6 Å². The molecule has 1 aromatic heterocycles. The molecule has 2 heterocycles. The van der Waals surface area contributed by atoms with Crippen LogP contribution in [0.5, 0.6) is 11.6 Å². The Hall–Kier alpha value is -2.94. The Labute approximate surface area is 150 Å². The van der Waals surface area contributed by atoms with Crippen molar-refractivity contribution in [1.29, 1.82) is 0 Å². The van der Waals surface area contributed by atoms with Crippen molar-refractivity contribution >= 4 is 11.6 Å². The van der Waals surface area contributed by atoms with Crippen molar-refractivity contribution in [3.63, 3.8) is 0 Å². The van der Waals surface area contributed by atoms with Gasteiger partial charge in [-0.25, -0.2) is 4.68 Å². The number of amides is 1. The number of para-hydroxylation sites is 2. The van der Waals surface area contributed by atoms with E-state index in [0.717, 1.165) is 0 Å². The number of morpholine rings is 1. The third kappa shape index (κ3) is 3.38. The number of nitro groups is 1. The molecule has 3 rings (SSSR count). The molecule has 1 aromatic carbocycles. The van der Waals surface area contributed by atoms with E-state index in [1.165, 1.54) is 12.1 Å². The first-order valence-electron chi connectivity index (χ1n) is 8.38. The molecule has 1 aliphatic rings. The number of nitro benzene ring substituents is 1. The zero-order valence-corrected chi connectivity index (χ0v) is 14.7. The van der Waals surface area contributed by atoms with Gasteiger partial charge in [-0.15, -0.1) is 0 Å². The number of rotatable bonds is 5. The van der Waals surface area contributed by atoms with Gasteiger partial charge in [0.1, 0.15) is 0 Å². The van der Waals surface area contributed by atoms with Crippen LogP contribution >= 0.6 is 0 Å². The van der Waals surface area contributed by atoms with E-state index in [1.54, 1.807) is 28.6 Å². The van der Waals surface area contributed by atoms with E-state index >= 15 is 0 Å². The fraction of sp³-hybridized carbons (Fsp3) is 0.412. The highest BCUT2D eigenvalue weighted by Crippen LogP contribution is 2.33. The quantitative estimate of drug-likeness (QED) is 0.599. The molecule has 0 spiro atoms. The van der Waals surface area contributed by atoms with Crippen molar-refractivity contribution in [3.05, 3.63) is 45.6 Å². The lowest BCUT2D eigenvalue weighted by Gasteiger charge is -2.26. The summed E-state index contributed by atoms with van der Waals surface area (Å²) in [6.45, 7) is 6.08. The van der Waals surface area contributed by atoms with Gasteiger partial charge in [-0.1, -0.05) is 12.1 Å². The standard InChI is InChI=1S/C17H20N4O5/c1-3-20-17(26-14-7-5-4-6-13(14)21(23)24)12(2)15(18-20)16(22)19-8-10-25-11-9-19/h4-7H,3,8-11H2,1-2H3. The van der Waals surface area contributed by atoms with Gasteiger partial charge in [0.25, 0.3) is 5.91 Å².